The minimum absolute atomic E-state index is 0.0864. The lowest BCUT2D eigenvalue weighted by atomic mass is 9.95. The summed E-state index contributed by atoms with van der Waals surface area (Å²) in [6.07, 6.45) is 1.82. The number of rotatable bonds is 5. The molecule has 3 aromatic carbocycles. The summed E-state index contributed by atoms with van der Waals surface area (Å²) < 4.78 is 1.70. The van der Waals surface area contributed by atoms with Gasteiger partial charge in [-0.25, -0.2) is 4.79 Å². The third-order valence-electron chi connectivity index (χ3n) is 6.65. The van der Waals surface area contributed by atoms with Gasteiger partial charge in [-0.3, -0.25) is 14.2 Å². The fraction of sp³-hybridized carbons (Fsp3) is 0.269. The number of para-hydroxylation sites is 2. The highest BCUT2D eigenvalue weighted by atomic mass is 16.2. The van der Waals surface area contributed by atoms with E-state index < -0.39 is 11.9 Å². The molecule has 2 amide bonds. The van der Waals surface area contributed by atoms with Crippen LogP contribution < -0.4 is 11.4 Å². The number of imidazole rings is 1. The molecule has 0 saturated carbocycles. The Labute approximate surface area is 190 Å². The van der Waals surface area contributed by atoms with Crippen molar-refractivity contribution in [1.82, 2.24) is 14.5 Å². The Morgan fingerprint density at radius 3 is 2.58 bits per heavy atom. The Bertz CT molecular complexity index is 1400. The average Bonchev–Trinajstić information content (AvgIpc) is 3.17. The number of H-pyrrole nitrogens is 1. The first-order valence-corrected chi connectivity index (χ1v) is 11.3. The number of nitrogens with one attached hydrogen (secondary N) is 1. The maximum absolute atomic E-state index is 13.1. The van der Waals surface area contributed by atoms with Crippen molar-refractivity contribution in [2.75, 3.05) is 6.54 Å². The average molecular weight is 443 g/mol. The van der Waals surface area contributed by atoms with E-state index >= 15 is 0 Å². The quantitative estimate of drug-likeness (QED) is 0.496. The van der Waals surface area contributed by atoms with Crippen LogP contribution >= 0.6 is 0 Å². The van der Waals surface area contributed by atoms with E-state index in [0.717, 1.165) is 27.4 Å². The Morgan fingerprint density at radius 1 is 1.00 bits per heavy atom. The van der Waals surface area contributed by atoms with Gasteiger partial charge in [0.25, 0.3) is 0 Å². The van der Waals surface area contributed by atoms with E-state index in [1.165, 1.54) is 0 Å². The van der Waals surface area contributed by atoms with Crippen molar-refractivity contribution >= 4 is 33.6 Å². The fourth-order valence-corrected chi connectivity index (χ4v) is 4.98. The second-order valence-corrected chi connectivity index (χ2v) is 8.68. The lowest BCUT2D eigenvalue weighted by Crippen LogP contribution is -2.53. The number of nitrogens with two attached hydrogens (primary N) is 1. The minimum atomic E-state index is -0.728. The Morgan fingerprint density at radius 2 is 1.76 bits per heavy atom. The van der Waals surface area contributed by atoms with Crippen LogP contribution in [0.5, 0.6) is 0 Å². The molecule has 7 heteroatoms. The molecule has 3 N–H and O–H groups in total. The first-order chi connectivity index (χ1) is 16.0. The number of benzene rings is 3. The second-order valence-electron chi connectivity index (χ2n) is 8.68. The standard InChI is InChI=1S/C26H26N4O3/c27-25(32)23-16-20(30-22-8-4-3-7-21(22)28-26(30)33)13-14-29(23)24(31)12-10-17-9-11-18-5-1-2-6-19(18)15-17/h1-9,11,15,20,23H,10,12-14,16H2,(H2,27,32)(H,28,33). The van der Waals surface area contributed by atoms with Gasteiger partial charge in [-0.1, -0.05) is 54.6 Å². The number of hydrogen-bond acceptors (Lipinski definition) is 3. The molecule has 168 valence electrons. The molecule has 1 aromatic heterocycles. The number of carbonyl (C=O) groups is 2. The summed E-state index contributed by atoms with van der Waals surface area (Å²) in [6.45, 7) is 0.390. The first kappa shape index (κ1) is 21.0. The highest BCUT2D eigenvalue weighted by Crippen LogP contribution is 2.29. The van der Waals surface area contributed by atoms with Crippen molar-refractivity contribution < 1.29 is 9.59 Å². The van der Waals surface area contributed by atoms with E-state index in [1.807, 2.05) is 42.5 Å². The zero-order chi connectivity index (χ0) is 22.9. The Hall–Kier alpha value is -3.87. The van der Waals surface area contributed by atoms with Gasteiger partial charge in [-0.2, -0.15) is 0 Å². The van der Waals surface area contributed by atoms with E-state index in [-0.39, 0.29) is 17.6 Å². The van der Waals surface area contributed by atoms with Crippen molar-refractivity contribution in [3.63, 3.8) is 0 Å². The van der Waals surface area contributed by atoms with Crippen molar-refractivity contribution in [3.05, 3.63) is 82.8 Å². The van der Waals surface area contributed by atoms with E-state index in [2.05, 4.69) is 29.2 Å². The molecule has 1 aliphatic rings. The zero-order valence-corrected chi connectivity index (χ0v) is 18.2. The van der Waals surface area contributed by atoms with Gasteiger partial charge in [-0.05, 0) is 47.7 Å². The third-order valence-corrected chi connectivity index (χ3v) is 6.65. The fourth-order valence-electron chi connectivity index (χ4n) is 4.98. The maximum Gasteiger partial charge on any atom is 0.326 e. The number of hydrogen-bond donors (Lipinski definition) is 2. The van der Waals surface area contributed by atoms with Crippen LogP contribution in [0.15, 0.2) is 71.5 Å². The summed E-state index contributed by atoms with van der Waals surface area (Å²) >= 11 is 0. The SMILES string of the molecule is NC(=O)C1CC(n2c(=O)[nH]c3ccccc32)CCN1C(=O)CCc1ccc2ccccc2c1. The normalized spacial score (nSPS) is 18.6. The van der Waals surface area contributed by atoms with Gasteiger partial charge in [0.2, 0.25) is 11.8 Å². The smallest absolute Gasteiger partial charge is 0.326 e. The number of carbonyl (C=O) groups excluding carboxylic acids is 2. The number of nitrogens with zero attached hydrogens (tertiary/aromatic N) is 2. The number of likely N-dealkylation sites (tertiary alicyclic amines) is 1. The molecule has 2 unspecified atom stereocenters. The molecular formula is C26H26N4O3. The minimum Gasteiger partial charge on any atom is -0.368 e. The molecule has 0 spiro atoms. The number of fused-ring (bicyclic) bond motifs is 2. The van der Waals surface area contributed by atoms with E-state index in [0.29, 0.717) is 32.2 Å². The van der Waals surface area contributed by atoms with E-state index in [9.17, 15) is 14.4 Å². The monoisotopic (exact) mass is 442 g/mol. The highest BCUT2D eigenvalue weighted by Gasteiger charge is 2.36. The van der Waals surface area contributed by atoms with Gasteiger partial charge in [0.15, 0.2) is 0 Å². The Balaban J connectivity index is 1.31. The molecule has 7 nitrogen and oxygen atoms in total. The molecule has 0 radical (unpaired) electrons. The maximum atomic E-state index is 13.1. The summed E-state index contributed by atoms with van der Waals surface area (Å²) in [5.41, 5.74) is 8.13. The second kappa shape index (κ2) is 8.58. The number of primary amides is 1. The summed E-state index contributed by atoms with van der Waals surface area (Å²) in [7, 11) is 0. The number of aryl methyl sites for hydroxylation is 1. The molecular weight excluding hydrogens is 416 g/mol. The first-order valence-electron chi connectivity index (χ1n) is 11.3. The lowest BCUT2D eigenvalue weighted by molar-refractivity contribution is -0.141. The topological polar surface area (TPSA) is 101 Å². The summed E-state index contributed by atoms with van der Waals surface area (Å²) in [5.74, 6) is -0.622. The van der Waals surface area contributed by atoms with Gasteiger partial charge in [0, 0.05) is 19.0 Å². The van der Waals surface area contributed by atoms with Crippen LogP contribution in [0.4, 0.5) is 0 Å². The molecule has 0 bridgehead atoms. The zero-order valence-electron chi connectivity index (χ0n) is 18.2. The molecule has 1 fully saturated rings. The van der Waals surface area contributed by atoms with Gasteiger partial charge < -0.3 is 15.6 Å². The largest absolute Gasteiger partial charge is 0.368 e. The molecule has 5 rings (SSSR count). The number of amides is 2. The molecule has 1 saturated heterocycles. The predicted molar refractivity (Wildman–Crippen MR) is 128 cm³/mol. The van der Waals surface area contributed by atoms with Crippen molar-refractivity contribution in [2.45, 2.75) is 37.8 Å². The van der Waals surface area contributed by atoms with Crippen LogP contribution in [0.1, 0.15) is 30.9 Å². The van der Waals surface area contributed by atoms with Crippen LogP contribution in [-0.4, -0.2) is 38.9 Å². The predicted octanol–water partition coefficient (Wildman–Crippen LogP) is 3.13. The summed E-state index contributed by atoms with van der Waals surface area (Å²) in [6, 6.07) is 20.9. The van der Waals surface area contributed by atoms with Crippen LogP contribution in [0.2, 0.25) is 0 Å². The van der Waals surface area contributed by atoms with Crippen molar-refractivity contribution in [2.24, 2.45) is 5.73 Å². The molecule has 2 heterocycles. The number of aromatic amines is 1. The van der Waals surface area contributed by atoms with Crippen molar-refractivity contribution in [1.29, 1.82) is 0 Å². The number of aromatic nitrogens is 2. The van der Waals surface area contributed by atoms with Crippen LogP contribution in [0, 0.1) is 0 Å². The van der Waals surface area contributed by atoms with E-state index in [4.69, 9.17) is 5.73 Å². The molecule has 33 heavy (non-hydrogen) atoms. The third kappa shape index (κ3) is 4.02. The Kier molecular flexibility index (Phi) is 5.46. The van der Waals surface area contributed by atoms with Gasteiger partial charge in [-0.15, -0.1) is 0 Å². The molecule has 2 atom stereocenters. The van der Waals surface area contributed by atoms with E-state index in [1.54, 1.807) is 9.47 Å². The molecule has 1 aliphatic heterocycles. The highest BCUT2D eigenvalue weighted by molar-refractivity contribution is 5.87. The number of piperidine rings is 1. The van der Waals surface area contributed by atoms with Crippen LogP contribution in [-0.2, 0) is 16.0 Å². The van der Waals surface area contributed by atoms with Crippen LogP contribution in [0.25, 0.3) is 21.8 Å². The molecule has 0 aliphatic carbocycles. The van der Waals surface area contributed by atoms with Gasteiger partial charge >= 0.3 is 5.69 Å². The summed E-state index contributed by atoms with van der Waals surface area (Å²) in [4.78, 5) is 42.4. The van der Waals surface area contributed by atoms with Gasteiger partial charge in [0.1, 0.15) is 6.04 Å². The summed E-state index contributed by atoms with van der Waals surface area (Å²) in [5, 5.41) is 2.30. The van der Waals surface area contributed by atoms with Crippen molar-refractivity contribution in [3.8, 4) is 0 Å². The lowest BCUT2D eigenvalue weighted by Gasteiger charge is -2.38. The van der Waals surface area contributed by atoms with Gasteiger partial charge in [0.05, 0.1) is 11.0 Å². The molecule has 4 aromatic rings. The van der Waals surface area contributed by atoms with Crippen LogP contribution in [0.3, 0.4) is 0 Å².